The number of rotatable bonds is 5. The van der Waals surface area contributed by atoms with Crippen LogP contribution in [-0.4, -0.2) is 0 Å². The van der Waals surface area contributed by atoms with Gasteiger partial charge in [-0.3, -0.25) is 10.9 Å². The lowest BCUT2D eigenvalue weighted by molar-refractivity contribution is 0.529. The summed E-state index contributed by atoms with van der Waals surface area (Å²) >= 11 is 0. The van der Waals surface area contributed by atoms with Crippen LogP contribution in [0.5, 0.6) is 0 Å². The van der Waals surface area contributed by atoms with Crippen molar-refractivity contribution in [2.24, 2.45) is 0 Å². The third-order valence-electron chi connectivity index (χ3n) is 2.95. The molecule has 0 aliphatic heterocycles. The highest BCUT2D eigenvalue weighted by Crippen LogP contribution is 2.03. The Labute approximate surface area is 109 Å². The average molecular weight is 240 g/mol. The number of hydrazine groups is 1. The molecule has 0 amide bonds. The van der Waals surface area contributed by atoms with Crippen molar-refractivity contribution in [3.05, 3.63) is 70.8 Å². The summed E-state index contributed by atoms with van der Waals surface area (Å²) in [6.45, 7) is 5.89. The first-order valence-corrected chi connectivity index (χ1v) is 6.31. The smallest absolute Gasteiger partial charge is 0.0351 e. The molecule has 0 spiro atoms. The second-order valence-corrected chi connectivity index (χ2v) is 4.68. The minimum absolute atomic E-state index is 0.839. The van der Waals surface area contributed by atoms with Crippen molar-refractivity contribution in [2.75, 3.05) is 0 Å². The Morgan fingerprint density at radius 2 is 0.944 bits per heavy atom. The van der Waals surface area contributed by atoms with Crippen LogP contribution >= 0.6 is 0 Å². The third kappa shape index (κ3) is 3.99. The molecule has 0 bridgehead atoms. The van der Waals surface area contributed by atoms with Gasteiger partial charge in [0.1, 0.15) is 0 Å². The van der Waals surface area contributed by atoms with Gasteiger partial charge in [-0.1, -0.05) is 59.7 Å². The molecule has 0 radical (unpaired) electrons. The molecule has 2 N–H and O–H groups in total. The van der Waals surface area contributed by atoms with E-state index in [2.05, 4.69) is 73.2 Å². The van der Waals surface area contributed by atoms with Crippen molar-refractivity contribution in [2.45, 2.75) is 26.9 Å². The molecule has 0 unspecified atom stereocenters. The van der Waals surface area contributed by atoms with Gasteiger partial charge in [0.25, 0.3) is 0 Å². The van der Waals surface area contributed by atoms with Crippen LogP contribution in [0.4, 0.5) is 0 Å². The monoisotopic (exact) mass is 240 g/mol. The van der Waals surface area contributed by atoms with Crippen LogP contribution in [0.25, 0.3) is 0 Å². The van der Waals surface area contributed by atoms with E-state index in [0.717, 1.165) is 13.1 Å². The van der Waals surface area contributed by atoms with E-state index in [9.17, 15) is 0 Å². The Bertz CT molecular complexity index is 424. The van der Waals surface area contributed by atoms with E-state index in [-0.39, 0.29) is 0 Å². The van der Waals surface area contributed by atoms with E-state index < -0.39 is 0 Å². The maximum Gasteiger partial charge on any atom is 0.0351 e. The van der Waals surface area contributed by atoms with Gasteiger partial charge >= 0.3 is 0 Å². The lowest BCUT2D eigenvalue weighted by atomic mass is 10.1. The van der Waals surface area contributed by atoms with Gasteiger partial charge in [0, 0.05) is 13.1 Å². The molecule has 2 nitrogen and oxygen atoms in total. The largest absolute Gasteiger partial charge is 0.253 e. The Morgan fingerprint density at radius 1 is 0.611 bits per heavy atom. The van der Waals surface area contributed by atoms with Gasteiger partial charge in [-0.05, 0) is 25.0 Å². The molecule has 2 aromatic carbocycles. The Morgan fingerprint density at radius 3 is 1.28 bits per heavy atom. The van der Waals surface area contributed by atoms with Gasteiger partial charge < -0.3 is 0 Å². The summed E-state index contributed by atoms with van der Waals surface area (Å²) in [5.41, 5.74) is 11.6. The lowest BCUT2D eigenvalue weighted by Gasteiger charge is -2.07. The second kappa shape index (κ2) is 6.34. The average Bonchev–Trinajstić information content (AvgIpc) is 2.39. The van der Waals surface area contributed by atoms with E-state index in [1.807, 2.05) is 0 Å². The molecule has 0 atom stereocenters. The first kappa shape index (κ1) is 12.8. The van der Waals surface area contributed by atoms with E-state index in [4.69, 9.17) is 0 Å². The number of hydrogen-bond donors (Lipinski definition) is 2. The topological polar surface area (TPSA) is 24.1 Å². The SMILES string of the molecule is Cc1ccc(CNNCc2ccc(C)cc2)cc1. The van der Waals surface area contributed by atoms with Crippen molar-refractivity contribution < 1.29 is 0 Å². The zero-order chi connectivity index (χ0) is 12.8. The molecule has 0 saturated carbocycles. The molecule has 0 saturated heterocycles. The van der Waals surface area contributed by atoms with Gasteiger partial charge in [-0.15, -0.1) is 0 Å². The summed E-state index contributed by atoms with van der Waals surface area (Å²) in [6, 6.07) is 17.1. The summed E-state index contributed by atoms with van der Waals surface area (Å²) in [7, 11) is 0. The number of hydrogen-bond acceptors (Lipinski definition) is 2. The van der Waals surface area contributed by atoms with Crippen molar-refractivity contribution >= 4 is 0 Å². The molecule has 2 rings (SSSR count). The van der Waals surface area contributed by atoms with Crippen LogP contribution in [0.3, 0.4) is 0 Å². The molecule has 0 fully saturated rings. The van der Waals surface area contributed by atoms with Gasteiger partial charge in [0.2, 0.25) is 0 Å². The molecule has 18 heavy (non-hydrogen) atoms. The highest BCUT2D eigenvalue weighted by molar-refractivity contribution is 5.22. The van der Waals surface area contributed by atoms with Crippen LogP contribution < -0.4 is 10.9 Å². The van der Waals surface area contributed by atoms with Crippen molar-refractivity contribution in [1.29, 1.82) is 0 Å². The highest BCUT2D eigenvalue weighted by atomic mass is 15.3. The molecule has 0 aliphatic rings. The molecule has 94 valence electrons. The standard InChI is InChI=1S/C16H20N2/c1-13-3-7-15(8-4-13)11-17-18-12-16-9-5-14(2)6-10-16/h3-10,17-18H,11-12H2,1-2H3. The first-order chi connectivity index (χ1) is 8.74. The van der Waals surface area contributed by atoms with E-state index >= 15 is 0 Å². The normalized spacial score (nSPS) is 10.6. The number of nitrogens with one attached hydrogen (secondary N) is 2. The molecule has 0 heterocycles. The summed E-state index contributed by atoms with van der Waals surface area (Å²) in [4.78, 5) is 0. The molecule has 2 heteroatoms. The highest BCUT2D eigenvalue weighted by Gasteiger charge is 1.93. The summed E-state index contributed by atoms with van der Waals surface area (Å²) < 4.78 is 0. The van der Waals surface area contributed by atoms with E-state index in [0.29, 0.717) is 0 Å². The summed E-state index contributed by atoms with van der Waals surface area (Å²) in [5, 5.41) is 0. The van der Waals surface area contributed by atoms with Gasteiger partial charge in [-0.2, -0.15) is 0 Å². The maximum absolute atomic E-state index is 3.23. The Hall–Kier alpha value is -1.64. The van der Waals surface area contributed by atoms with Crippen molar-refractivity contribution in [1.82, 2.24) is 10.9 Å². The molecular weight excluding hydrogens is 220 g/mol. The Balaban J connectivity index is 1.73. The van der Waals surface area contributed by atoms with Gasteiger partial charge in [0.05, 0.1) is 0 Å². The third-order valence-corrected chi connectivity index (χ3v) is 2.95. The molecule has 2 aromatic rings. The fourth-order valence-electron chi connectivity index (χ4n) is 1.74. The molecular formula is C16H20N2. The quantitative estimate of drug-likeness (QED) is 0.620. The second-order valence-electron chi connectivity index (χ2n) is 4.68. The fourth-order valence-corrected chi connectivity index (χ4v) is 1.74. The van der Waals surface area contributed by atoms with Crippen LogP contribution in [-0.2, 0) is 13.1 Å². The van der Waals surface area contributed by atoms with Crippen LogP contribution in [0.1, 0.15) is 22.3 Å². The predicted octanol–water partition coefficient (Wildman–Crippen LogP) is 3.10. The number of aryl methyl sites for hydroxylation is 2. The van der Waals surface area contributed by atoms with Crippen LogP contribution in [0, 0.1) is 13.8 Å². The zero-order valence-electron chi connectivity index (χ0n) is 11.0. The number of benzene rings is 2. The van der Waals surface area contributed by atoms with E-state index in [1.54, 1.807) is 0 Å². The van der Waals surface area contributed by atoms with Crippen LogP contribution in [0.15, 0.2) is 48.5 Å². The lowest BCUT2D eigenvalue weighted by Crippen LogP contribution is -2.30. The van der Waals surface area contributed by atoms with E-state index in [1.165, 1.54) is 22.3 Å². The first-order valence-electron chi connectivity index (χ1n) is 6.31. The minimum Gasteiger partial charge on any atom is -0.253 e. The maximum atomic E-state index is 3.23. The van der Waals surface area contributed by atoms with Crippen LogP contribution in [0.2, 0.25) is 0 Å². The minimum atomic E-state index is 0.839. The van der Waals surface area contributed by atoms with Crippen molar-refractivity contribution in [3.8, 4) is 0 Å². The summed E-state index contributed by atoms with van der Waals surface area (Å²) in [5.74, 6) is 0. The molecule has 0 aromatic heterocycles. The van der Waals surface area contributed by atoms with Gasteiger partial charge in [0.15, 0.2) is 0 Å². The molecule has 0 aliphatic carbocycles. The zero-order valence-corrected chi connectivity index (χ0v) is 11.0. The van der Waals surface area contributed by atoms with Gasteiger partial charge in [-0.25, -0.2) is 0 Å². The summed E-state index contributed by atoms with van der Waals surface area (Å²) in [6.07, 6.45) is 0. The fraction of sp³-hybridized carbons (Fsp3) is 0.250. The van der Waals surface area contributed by atoms with Crippen molar-refractivity contribution in [3.63, 3.8) is 0 Å². The predicted molar refractivity (Wildman–Crippen MR) is 76.0 cm³/mol. The Kier molecular flexibility index (Phi) is 4.51.